The van der Waals surface area contributed by atoms with Gasteiger partial charge in [0.15, 0.2) is 4.88 Å². The van der Waals surface area contributed by atoms with Crippen LogP contribution in [0.1, 0.15) is 40.7 Å². The van der Waals surface area contributed by atoms with Crippen LogP contribution in [0.4, 0.5) is 8.78 Å². The minimum atomic E-state index is -2.66. The lowest BCUT2D eigenvalue weighted by Crippen LogP contribution is -2.40. The Morgan fingerprint density at radius 3 is 2.50 bits per heavy atom. The molecule has 0 saturated carbocycles. The predicted molar refractivity (Wildman–Crippen MR) is 76.5 cm³/mol. The van der Waals surface area contributed by atoms with Crippen molar-refractivity contribution in [1.82, 2.24) is 4.90 Å². The van der Waals surface area contributed by atoms with Gasteiger partial charge in [-0.3, -0.25) is 4.79 Å². The van der Waals surface area contributed by atoms with Crippen LogP contribution in [0.2, 0.25) is 0 Å². The number of carbonyl (C=O) groups excluding carboxylic acids is 2. The molecule has 8 heteroatoms. The number of alkyl halides is 2. The number of methoxy groups -OCH3 is 1. The third kappa shape index (κ3) is 3.73. The number of rotatable bonds is 4. The van der Waals surface area contributed by atoms with Crippen molar-refractivity contribution in [3.8, 4) is 5.75 Å². The third-order valence-corrected chi connectivity index (χ3v) is 4.59. The maximum absolute atomic E-state index is 12.8. The fourth-order valence-corrected chi connectivity index (χ4v) is 3.16. The van der Waals surface area contributed by atoms with Gasteiger partial charge in [0.25, 0.3) is 6.43 Å². The normalized spacial score (nSPS) is 16.0. The number of ether oxygens (including phenoxy) is 2. The summed E-state index contributed by atoms with van der Waals surface area (Å²) in [7, 11) is 1.19. The Morgan fingerprint density at radius 2 is 2.00 bits per heavy atom. The lowest BCUT2D eigenvalue weighted by molar-refractivity contribution is -0.130. The highest BCUT2D eigenvalue weighted by Crippen LogP contribution is 2.37. The summed E-state index contributed by atoms with van der Waals surface area (Å²) in [5.74, 6) is -0.550. The number of piperidine rings is 1. The van der Waals surface area contributed by atoms with Gasteiger partial charge in [-0.25, -0.2) is 13.6 Å². The summed E-state index contributed by atoms with van der Waals surface area (Å²) in [4.78, 5) is 24.5. The van der Waals surface area contributed by atoms with Gasteiger partial charge in [0.05, 0.1) is 12.0 Å². The lowest BCUT2D eigenvalue weighted by atomic mass is 10.1. The zero-order valence-electron chi connectivity index (χ0n) is 12.3. The summed E-state index contributed by atoms with van der Waals surface area (Å²) in [5, 5.41) is 0. The Kier molecular flexibility index (Phi) is 5.33. The number of thiophene rings is 1. The Bertz CT molecular complexity index is 553. The molecule has 122 valence electrons. The van der Waals surface area contributed by atoms with E-state index >= 15 is 0 Å². The number of amides is 1. The molecular weight excluding hydrogens is 316 g/mol. The van der Waals surface area contributed by atoms with E-state index in [-0.39, 0.29) is 27.5 Å². The second-order valence-electron chi connectivity index (χ2n) is 4.96. The van der Waals surface area contributed by atoms with Crippen molar-refractivity contribution in [3.63, 3.8) is 0 Å². The molecule has 1 aliphatic rings. The van der Waals surface area contributed by atoms with Crippen LogP contribution in [0.25, 0.3) is 0 Å². The van der Waals surface area contributed by atoms with Gasteiger partial charge in [-0.1, -0.05) is 0 Å². The van der Waals surface area contributed by atoms with Crippen molar-refractivity contribution in [1.29, 1.82) is 0 Å². The first-order valence-corrected chi connectivity index (χ1v) is 7.66. The fourth-order valence-electron chi connectivity index (χ4n) is 2.29. The smallest absolute Gasteiger partial charge is 0.351 e. The van der Waals surface area contributed by atoms with Gasteiger partial charge in [-0.05, 0) is 0 Å². The molecule has 0 atom stereocenters. The van der Waals surface area contributed by atoms with Crippen LogP contribution in [-0.4, -0.2) is 43.1 Å². The first-order chi connectivity index (χ1) is 10.4. The van der Waals surface area contributed by atoms with Gasteiger partial charge in [-0.15, -0.1) is 11.3 Å². The first kappa shape index (κ1) is 16.7. The molecular formula is C14H17F2NO4S. The second kappa shape index (κ2) is 7.04. The van der Waals surface area contributed by atoms with Gasteiger partial charge in [0, 0.05) is 38.9 Å². The maximum atomic E-state index is 12.8. The highest BCUT2D eigenvalue weighted by atomic mass is 32.1. The Hall–Kier alpha value is -1.70. The highest BCUT2D eigenvalue weighted by molar-refractivity contribution is 7.14. The molecule has 0 N–H and O–H groups in total. The fraction of sp³-hybridized carbons (Fsp3) is 0.571. The number of likely N-dealkylation sites (tertiary alicyclic amines) is 1. The molecule has 0 bridgehead atoms. The van der Waals surface area contributed by atoms with Gasteiger partial charge in [0.1, 0.15) is 11.9 Å². The summed E-state index contributed by atoms with van der Waals surface area (Å²) in [5.41, 5.74) is 0. The van der Waals surface area contributed by atoms with Crippen LogP contribution in [0, 0.1) is 0 Å². The van der Waals surface area contributed by atoms with Crippen LogP contribution in [-0.2, 0) is 9.53 Å². The lowest BCUT2D eigenvalue weighted by Gasteiger charge is -2.31. The quantitative estimate of drug-likeness (QED) is 0.795. The molecule has 0 spiro atoms. The molecule has 1 aromatic rings. The van der Waals surface area contributed by atoms with Crippen molar-refractivity contribution in [2.24, 2.45) is 0 Å². The molecule has 0 aromatic carbocycles. The predicted octanol–water partition coefficient (Wildman–Crippen LogP) is 2.86. The number of esters is 1. The molecule has 0 radical (unpaired) electrons. The van der Waals surface area contributed by atoms with E-state index in [1.54, 1.807) is 4.90 Å². The third-order valence-electron chi connectivity index (χ3n) is 3.48. The number of hydrogen-bond acceptors (Lipinski definition) is 5. The average molecular weight is 333 g/mol. The molecule has 0 unspecified atom stereocenters. The van der Waals surface area contributed by atoms with Gasteiger partial charge in [0.2, 0.25) is 5.91 Å². The second-order valence-corrected chi connectivity index (χ2v) is 6.04. The van der Waals surface area contributed by atoms with Gasteiger partial charge in [-0.2, -0.15) is 0 Å². The van der Waals surface area contributed by atoms with E-state index in [1.165, 1.54) is 20.1 Å². The van der Waals surface area contributed by atoms with Crippen molar-refractivity contribution in [2.75, 3.05) is 20.2 Å². The minimum Gasteiger partial charge on any atom is -0.488 e. The number of halogens is 2. The van der Waals surface area contributed by atoms with Crippen molar-refractivity contribution < 1.29 is 27.8 Å². The number of carbonyl (C=O) groups is 2. The molecule has 1 fully saturated rings. The average Bonchev–Trinajstić information content (AvgIpc) is 2.91. The van der Waals surface area contributed by atoms with E-state index in [0.717, 1.165) is 0 Å². The van der Waals surface area contributed by atoms with Crippen LogP contribution < -0.4 is 4.74 Å². The van der Waals surface area contributed by atoms with Crippen LogP contribution in [0.15, 0.2) is 6.07 Å². The van der Waals surface area contributed by atoms with Gasteiger partial charge >= 0.3 is 5.97 Å². The molecule has 1 aliphatic heterocycles. The van der Waals surface area contributed by atoms with Crippen molar-refractivity contribution >= 4 is 23.2 Å². The van der Waals surface area contributed by atoms with Crippen molar-refractivity contribution in [3.05, 3.63) is 15.8 Å². The zero-order chi connectivity index (χ0) is 16.3. The highest BCUT2D eigenvalue weighted by Gasteiger charge is 2.27. The van der Waals surface area contributed by atoms with Gasteiger partial charge < -0.3 is 14.4 Å². The number of nitrogens with zero attached hydrogens (tertiary/aromatic N) is 1. The molecule has 22 heavy (non-hydrogen) atoms. The molecule has 2 heterocycles. The van der Waals surface area contributed by atoms with E-state index in [9.17, 15) is 18.4 Å². The summed E-state index contributed by atoms with van der Waals surface area (Å²) >= 11 is 0.680. The Labute approximate surface area is 130 Å². The minimum absolute atomic E-state index is 0.00391. The van der Waals surface area contributed by atoms with Crippen LogP contribution in [0.5, 0.6) is 5.75 Å². The number of hydrogen-bond donors (Lipinski definition) is 0. The molecule has 1 amide bonds. The molecule has 5 nitrogen and oxygen atoms in total. The first-order valence-electron chi connectivity index (χ1n) is 6.84. The summed E-state index contributed by atoms with van der Waals surface area (Å²) in [6.45, 7) is 2.61. The Morgan fingerprint density at radius 1 is 1.36 bits per heavy atom. The van der Waals surface area contributed by atoms with Crippen LogP contribution in [0.3, 0.4) is 0 Å². The monoisotopic (exact) mass is 333 g/mol. The summed E-state index contributed by atoms with van der Waals surface area (Å²) < 4.78 is 35.9. The van der Waals surface area contributed by atoms with Crippen molar-refractivity contribution in [2.45, 2.75) is 32.3 Å². The molecule has 2 rings (SSSR count). The zero-order valence-corrected chi connectivity index (χ0v) is 13.1. The molecule has 0 aliphatic carbocycles. The van der Waals surface area contributed by atoms with Crippen LogP contribution >= 0.6 is 11.3 Å². The van der Waals surface area contributed by atoms with E-state index in [4.69, 9.17) is 4.74 Å². The SMILES string of the molecule is COC(=O)c1sc(C(F)F)cc1OC1CCN(C(C)=O)CC1. The standard InChI is InChI=1S/C14H17F2NO4S/c1-8(18)17-5-3-9(4-6-17)21-10-7-11(13(15)16)22-12(10)14(19)20-2/h7,9,13H,3-6H2,1-2H3. The molecule has 1 aromatic heterocycles. The Balaban J connectivity index is 2.09. The summed E-state index contributed by atoms with van der Waals surface area (Å²) in [6, 6.07) is 1.19. The topological polar surface area (TPSA) is 55.8 Å². The maximum Gasteiger partial charge on any atom is 0.351 e. The molecule has 1 saturated heterocycles. The van der Waals surface area contributed by atoms with E-state index < -0.39 is 12.4 Å². The van der Waals surface area contributed by atoms with E-state index in [0.29, 0.717) is 37.3 Å². The van der Waals surface area contributed by atoms with E-state index in [2.05, 4.69) is 4.74 Å². The largest absolute Gasteiger partial charge is 0.488 e. The summed E-state index contributed by atoms with van der Waals surface area (Å²) in [6.07, 6.45) is -1.68. The van der Waals surface area contributed by atoms with E-state index in [1.807, 2.05) is 0 Å².